The minimum Gasteiger partial charge on any atom is -0.481 e. The Hall–Kier alpha value is -0.540. The molecule has 0 rings (SSSR count). The van der Waals surface area contributed by atoms with Gasteiger partial charge in [0.15, 0.2) is 0 Å². The second-order valence-corrected chi connectivity index (χ2v) is 7.69. The van der Waals surface area contributed by atoms with Gasteiger partial charge in [-0.15, -0.1) is 0 Å². The second-order valence-electron chi connectivity index (χ2n) is 5.05. The number of carboxylic acids is 3. The topological polar surface area (TPSA) is 112 Å². The van der Waals surface area contributed by atoms with Crippen LogP contribution in [0.25, 0.3) is 0 Å². The highest BCUT2D eigenvalue weighted by Crippen LogP contribution is 1.97. The van der Waals surface area contributed by atoms with E-state index < -0.39 is 17.9 Å². The van der Waals surface area contributed by atoms with Crippen molar-refractivity contribution in [1.82, 2.24) is 0 Å². The summed E-state index contributed by atoms with van der Waals surface area (Å²) in [5.41, 5.74) is 0. The number of carbonyl (C=O) groups is 3. The van der Waals surface area contributed by atoms with Crippen LogP contribution in [-0.4, -0.2) is 49.0 Å². The molecule has 0 aromatic rings. The molecule has 0 saturated carbocycles. The van der Waals surface area contributed by atoms with E-state index in [1.807, 2.05) is 0 Å². The lowest BCUT2D eigenvalue weighted by Crippen LogP contribution is -2.01. The zero-order valence-electron chi connectivity index (χ0n) is 15.0. The summed E-state index contributed by atoms with van der Waals surface area (Å²) in [6, 6.07) is 0. The summed E-state index contributed by atoms with van der Waals surface area (Å²) in [5, 5.41) is 24.0. The van der Waals surface area contributed by atoms with Crippen molar-refractivity contribution in [3.05, 3.63) is 0 Å². The van der Waals surface area contributed by atoms with Crippen molar-refractivity contribution in [2.24, 2.45) is 0 Å². The fraction of sp³-hybridized carbons (Fsp3) is 0.800. The van der Waals surface area contributed by atoms with E-state index in [9.17, 15) is 14.4 Å². The van der Waals surface area contributed by atoms with Crippen LogP contribution in [0.5, 0.6) is 0 Å². The minimum absolute atomic E-state index is 0.0301. The maximum atomic E-state index is 9.76. The Morgan fingerprint density at radius 2 is 0.792 bits per heavy atom. The van der Waals surface area contributed by atoms with Gasteiger partial charge in [-0.1, -0.05) is 41.0 Å². The fourth-order valence-corrected chi connectivity index (χ4v) is 1.23. The maximum Gasteiger partial charge on any atom is 0.304 e. The van der Waals surface area contributed by atoms with Crippen LogP contribution in [-0.2, 0) is 14.4 Å². The average Bonchev–Trinajstić information content (AvgIpc) is 2.24. The monoisotopic (exact) mass is 404 g/mol. The summed E-state index contributed by atoms with van der Waals surface area (Å²) >= 11 is 11.6. The standard InChI is InChI=1S/3C4H8O2S.C3H8/c3*1-3(7)2-4(5)6;1-3-2/h3*3,7H,2H2,1H3,(H,5,6);3H2,1-2H3. The van der Waals surface area contributed by atoms with Crippen molar-refractivity contribution in [3.8, 4) is 0 Å². The summed E-state index contributed by atoms with van der Waals surface area (Å²) in [5.74, 6) is -2.37. The SMILES string of the molecule is CC(S)CC(=O)O.CC(S)CC(=O)O.CC(S)CC(=O)O.CCC. The quantitative estimate of drug-likeness (QED) is 0.376. The zero-order valence-corrected chi connectivity index (χ0v) is 17.7. The molecular formula is C15H32O6S3. The predicted molar refractivity (Wildman–Crippen MR) is 108 cm³/mol. The van der Waals surface area contributed by atoms with Gasteiger partial charge in [-0.2, -0.15) is 37.9 Å². The van der Waals surface area contributed by atoms with Crippen LogP contribution in [0.1, 0.15) is 60.3 Å². The van der Waals surface area contributed by atoms with Gasteiger partial charge in [-0.05, 0) is 0 Å². The normalized spacial score (nSPS) is 12.5. The number of rotatable bonds is 6. The van der Waals surface area contributed by atoms with E-state index in [1.165, 1.54) is 6.42 Å². The van der Waals surface area contributed by atoms with E-state index in [0.29, 0.717) is 0 Å². The predicted octanol–water partition coefficient (Wildman–Crippen LogP) is 3.75. The molecule has 0 fully saturated rings. The third-order valence-corrected chi connectivity index (χ3v) is 1.96. The minimum atomic E-state index is -0.789. The molecule has 146 valence electrons. The number of thiol groups is 3. The van der Waals surface area contributed by atoms with E-state index in [2.05, 4.69) is 51.7 Å². The second kappa shape index (κ2) is 22.5. The van der Waals surface area contributed by atoms with Crippen LogP contribution in [0.3, 0.4) is 0 Å². The summed E-state index contributed by atoms with van der Waals surface area (Å²) in [7, 11) is 0. The van der Waals surface area contributed by atoms with Gasteiger partial charge in [0.05, 0.1) is 19.3 Å². The lowest BCUT2D eigenvalue weighted by atomic mass is 10.3. The van der Waals surface area contributed by atoms with Gasteiger partial charge < -0.3 is 15.3 Å². The Morgan fingerprint density at radius 3 is 0.792 bits per heavy atom. The van der Waals surface area contributed by atoms with E-state index in [0.717, 1.165) is 0 Å². The molecule has 24 heavy (non-hydrogen) atoms. The fourth-order valence-electron chi connectivity index (χ4n) is 0.758. The lowest BCUT2D eigenvalue weighted by molar-refractivity contribution is -0.137. The number of carboxylic acid groups (broad SMARTS) is 3. The van der Waals surface area contributed by atoms with Crippen LogP contribution < -0.4 is 0 Å². The van der Waals surface area contributed by atoms with Gasteiger partial charge in [0, 0.05) is 15.7 Å². The molecule has 3 atom stereocenters. The molecule has 0 aliphatic heterocycles. The van der Waals surface area contributed by atoms with Gasteiger partial charge in [0.1, 0.15) is 0 Å². The highest BCUT2D eigenvalue weighted by atomic mass is 32.1. The Labute approximate surface area is 161 Å². The first-order chi connectivity index (χ1) is 10.8. The molecule has 0 heterocycles. The smallest absolute Gasteiger partial charge is 0.304 e. The Balaban J connectivity index is -0.000000115. The van der Waals surface area contributed by atoms with E-state index in [4.69, 9.17) is 15.3 Å². The molecule has 3 unspecified atom stereocenters. The van der Waals surface area contributed by atoms with Gasteiger partial charge in [-0.25, -0.2) is 0 Å². The summed E-state index contributed by atoms with van der Waals surface area (Å²) in [6.45, 7) is 9.49. The van der Waals surface area contributed by atoms with Gasteiger partial charge in [0.2, 0.25) is 0 Å². The van der Waals surface area contributed by atoms with Gasteiger partial charge in [-0.3, -0.25) is 14.4 Å². The largest absolute Gasteiger partial charge is 0.481 e. The first-order valence-electron chi connectivity index (χ1n) is 7.49. The van der Waals surface area contributed by atoms with Crippen LogP contribution in [0, 0.1) is 0 Å². The van der Waals surface area contributed by atoms with E-state index in [-0.39, 0.29) is 35.0 Å². The molecule has 6 nitrogen and oxygen atoms in total. The molecule has 0 spiro atoms. The van der Waals surface area contributed by atoms with Crippen molar-refractivity contribution in [2.75, 3.05) is 0 Å². The van der Waals surface area contributed by atoms with Gasteiger partial charge >= 0.3 is 17.9 Å². The number of hydrogen-bond donors (Lipinski definition) is 6. The van der Waals surface area contributed by atoms with Crippen LogP contribution in [0.4, 0.5) is 0 Å². The molecule has 9 heteroatoms. The Morgan fingerprint density at radius 1 is 0.667 bits per heavy atom. The zero-order chi connectivity index (χ0) is 20.3. The first-order valence-corrected chi connectivity index (χ1v) is 9.04. The molecule has 0 aromatic carbocycles. The molecule has 0 amide bonds. The summed E-state index contributed by atoms with van der Waals surface area (Å²) < 4.78 is 0. The highest BCUT2D eigenvalue weighted by Gasteiger charge is 2.00. The Kier molecular flexibility index (Phi) is 29.2. The Bertz CT molecular complexity index is 273. The van der Waals surface area contributed by atoms with E-state index >= 15 is 0 Å². The summed E-state index contributed by atoms with van der Waals surface area (Å²) in [4.78, 5) is 29.3. The van der Waals surface area contributed by atoms with Crippen molar-refractivity contribution < 1.29 is 29.7 Å². The van der Waals surface area contributed by atoms with Crippen LogP contribution in [0.15, 0.2) is 0 Å². The summed E-state index contributed by atoms with van der Waals surface area (Å²) in [6.07, 6.45) is 1.68. The van der Waals surface area contributed by atoms with E-state index in [1.54, 1.807) is 20.8 Å². The molecule has 0 aliphatic rings. The van der Waals surface area contributed by atoms with Crippen molar-refractivity contribution in [3.63, 3.8) is 0 Å². The molecule has 0 radical (unpaired) electrons. The highest BCUT2D eigenvalue weighted by molar-refractivity contribution is 7.81. The molecule has 0 bridgehead atoms. The maximum absolute atomic E-state index is 9.76. The third-order valence-electron chi connectivity index (χ3n) is 1.41. The number of hydrogen-bond acceptors (Lipinski definition) is 6. The van der Waals surface area contributed by atoms with Crippen LogP contribution in [0.2, 0.25) is 0 Å². The molecule has 0 saturated heterocycles. The third kappa shape index (κ3) is 68.4. The van der Waals surface area contributed by atoms with Gasteiger partial charge in [0.25, 0.3) is 0 Å². The van der Waals surface area contributed by atoms with Crippen molar-refractivity contribution in [2.45, 2.75) is 76.1 Å². The van der Waals surface area contributed by atoms with Crippen molar-refractivity contribution >= 4 is 55.8 Å². The van der Waals surface area contributed by atoms with Crippen molar-refractivity contribution in [1.29, 1.82) is 0 Å². The average molecular weight is 405 g/mol. The molecule has 0 aliphatic carbocycles. The number of aliphatic carboxylic acids is 3. The molecule has 0 aromatic heterocycles. The molecule has 3 N–H and O–H groups in total. The lowest BCUT2D eigenvalue weighted by Gasteiger charge is -1.93. The first kappa shape index (κ1) is 31.3. The van der Waals surface area contributed by atoms with Crippen LogP contribution >= 0.6 is 37.9 Å². The molecular weight excluding hydrogens is 372 g/mol.